The van der Waals surface area contributed by atoms with Gasteiger partial charge in [0.2, 0.25) is 0 Å². The average molecular weight is 196 g/mol. The van der Waals surface area contributed by atoms with Gasteiger partial charge in [-0.05, 0) is 12.3 Å². The van der Waals surface area contributed by atoms with Gasteiger partial charge in [0.25, 0.3) is 0 Å². The summed E-state index contributed by atoms with van der Waals surface area (Å²) in [5.74, 6) is -0.999. The molecule has 4 heteroatoms. The molecule has 0 heterocycles. The first-order valence-corrected chi connectivity index (χ1v) is 4.84. The Balaban J connectivity index is 2.18. The van der Waals surface area contributed by atoms with Gasteiger partial charge in [-0.15, -0.1) is 0 Å². The predicted octanol–water partition coefficient (Wildman–Crippen LogP) is -1.01. The van der Waals surface area contributed by atoms with Gasteiger partial charge in [-0.3, -0.25) is 4.79 Å². The van der Waals surface area contributed by atoms with Crippen LogP contribution in [0.15, 0.2) is 12.2 Å². The molecule has 0 saturated heterocycles. The normalized spacial score (nSPS) is 59.6. The Morgan fingerprint density at radius 2 is 2.14 bits per heavy atom. The molecule has 3 aliphatic carbocycles. The van der Waals surface area contributed by atoms with Crippen molar-refractivity contribution in [3.63, 3.8) is 0 Å². The van der Waals surface area contributed by atoms with Crippen molar-refractivity contribution in [1.29, 1.82) is 0 Å². The second-order valence-corrected chi connectivity index (χ2v) is 4.64. The minimum absolute atomic E-state index is 0.0400. The Morgan fingerprint density at radius 3 is 2.79 bits per heavy atom. The first-order valence-electron chi connectivity index (χ1n) is 4.84. The standard InChI is InChI=1S/C10H12O4/c11-6-3-7(12)10(14)8(6)5-1-2-9(10,13)4-5/h1-2,5-6,8,11,13-14H,3-4H2. The Labute approximate surface area is 80.9 Å². The fraction of sp³-hybridized carbons (Fsp3) is 0.700. The van der Waals surface area contributed by atoms with E-state index >= 15 is 0 Å². The van der Waals surface area contributed by atoms with Crippen molar-refractivity contribution in [2.75, 3.05) is 0 Å². The summed E-state index contributed by atoms with van der Waals surface area (Å²) >= 11 is 0. The van der Waals surface area contributed by atoms with Crippen LogP contribution < -0.4 is 0 Å². The molecule has 2 saturated carbocycles. The highest BCUT2D eigenvalue weighted by Gasteiger charge is 2.72. The van der Waals surface area contributed by atoms with Gasteiger partial charge >= 0.3 is 0 Å². The molecule has 0 aromatic carbocycles. The quantitative estimate of drug-likeness (QED) is 0.434. The number of aliphatic hydroxyl groups excluding tert-OH is 1. The molecule has 2 fully saturated rings. The van der Waals surface area contributed by atoms with E-state index in [2.05, 4.69) is 0 Å². The van der Waals surface area contributed by atoms with Crippen LogP contribution in [0.3, 0.4) is 0 Å². The summed E-state index contributed by atoms with van der Waals surface area (Å²) in [6.07, 6.45) is 2.81. The molecule has 3 N–H and O–H groups in total. The maximum absolute atomic E-state index is 11.6. The van der Waals surface area contributed by atoms with Crippen LogP contribution in [-0.2, 0) is 4.79 Å². The number of ketones is 1. The van der Waals surface area contributed by atoms with Crippen LogP contribution in [0, 0.1) is 11.8 Å². The number of fused-ring (bicyclic) bond motifs is 5. The van der Waals surface area contributed by atoms with Crippen molar-refractivity contribution < 1.29 is 20.1 Å². The second-order valence-electron chi connectivity index (χ2n) is 4.64. The molecule has 4 nitrogen and oxygen atoms in total. The molecule has 14 heavy (non-hydrogen) atoms. The van der Waals surface area contributed by atoms with E-state index in [1.54, 1.807) is 6.08 Å². The summed E-state index contributed by atoms with van der Waals surface area (Å²) in [5, 5.41) is 29.9. The molecule has 2 bridgehead atoms. The van der Waals surface area contributed by atoms with Crippen molar-refractivity contribution in [2.24, 2.45) is 11.8 Å². The number of hydrogen-bond donors (Lipinski definition) is 3. The lowest BCUT2D eigenvalue weighted by Gasteiger charge is -2.35. The maximum Gasteiger partial charge on any atom is 0.170 e. The van der Waals surface area contributed by atoms with Crippen LogP contribution in [0.4, 0.5) is 0 Å². The largest absolute Gasteiger partial charge is 0.392 e. The van der Waals surface area contributed by atoms with Gasteiger partial charge < -0.3 is 15.3 Å². The third-order valence-electron chi connectivity index (χ3n) is 4.00. The Bertz CT molecular complexity index is 350. The van der Waals surface area contributed by atoms with Crippen molar-refractivity contribution in [1.82, 2.24) is 0 Å². The number of allylic oxidation sites excluding steroid dienone is 1. The Kier molecular flexibility index (Phi) is 1.29. The molecule has 0 aliphatic heterocycles. The molecular formula is C10H12O4. The molecule has 0 aromatic heterocycles. The zero-order valence-corrected chi connectivity index (χ0v) is 7.55. The van der Waals surface area contributed by atoms with E-state index in [0.717, 1.165) is 0 Å². The minimum Gasteiger partial charge on any atom is -0.392 e. The van der Waals surface area contributed by atoms with Gasteiger partial charge in [-0.1, -0.05) is 12.2 Å². The summed E-state index contributed by atoms with van der Waals surface area (Å²) in [4.78, 5) is 11.6. The van der Waals surface area contributed by atoms with Gasteiger partial charge in [0.1, 0.15) is 5.60 Å². The monoisotopic (exact) mass is 196 g/mol. The third kappa shape index (κ3) is 0.638. The maximum atomic E-state index is 11.6. The van der Waals surface area contributed by atoms with Crippen LogP contribution in [0.5, 0.6) is 0 Å². The van der Waals surface area contributed by atoms with Crippen LogP contribution in [0.1, 0.15) is 12.8 Å². The van der Waals surface area contributed by atoms with Gasteiger partial charge in [-0.25, -0.2) is 0 Å². The van der Waals surface area contributed by atoms with Crippen molar-refractivity contribution in [3.05, 3.63) is 12.2 Å². The zero-order valence-electron chi connectivity index (χ0n) is 7.55. The van der Waals surface area contributed by atoms with Crippen LogP contribution >= 0.6 is 0 Å². The van der Waals surface area contributed by atoms with E-state index in [4.69, 9.17) is 0 Å². The van der Waals surface area contributed by atoms with E-state index in [1.165, 1.54) is 6.08 Å². The summed E-state index contributed by atoms with van der Waals surface area (Å²) < 4.78 is 0. The highest BCUT2D eigenvalue weighted by Crippen LogP contribution is 2.58. The fourth-order valence-electron chi connectivity index (χ4n) is 3.37. The van der Waals surface area contributed by atoms with Crippen LogP contribution in [0.25, 0.3) is 0 Å². The van der Waals surface area contributed by atoms with E-state index in [9.17, 15) is 20.1 Å². The smallest absolute Gasteiger partial charge is 0.170 e. The van der Waals surface area contributed by atoms with E-state index < -0.39 is 29.0 Å². The van der Waals surface area contributed by atoms with Crippen molar-refractivity contribution in [3.8, 4) is 0 Å². The summed E-state index contributed by atoms with van der Waals surface area (Å²) in [7, 11) is 0. The van der Waals surface area contributed by atoms with Gasteiger partial charge in [0, 0.05) is 12.3 Å². The molecule has 0 radical (unpaired) electrons. The first-order chi connectivity index (χ1) is 6.49. The second kappa shape index (κ2) is 2.10. The molecule has 5 atom stereocenters. The summed E-state index contributed by atoms with van der Waals surface area (Å²) in [5.41, 5.74) is -3.16. The van der Waals surface area contributed by atoms with Crippen LogP contribution in [-0.4, -0.2) is 38.4 Å². The lowest BCUT2D eigenvalue weighted by molar-refractivity contribution is -0.158. The number of rotatable bonds is 0. The highest BCUT2D eigenvalue weighted by molar-refractivity contribution is 5.93. The number of hydrogen-bond acceptors (Lipinski definition) is 4. The fourth-order valence-corrected chi connectivity index (χ4v) is 3.37. The zero-order chi connectivity index (χ0) is 10.1. The first kappa shape index (κ1) is 8.59. The topological polar surface area (TPSA) is 77.8 Å². The molecule has 0 amide bonds. The van der Waals surface area contributed by atoms with Crippen molar-refractivity contribution >= 4 is 5.78 Å². The molecular weight excluding hydrogens is 184 g/mol. The minimum atomic E-state index is -1.73. The Hall–Kier alpha value is -0.710. The summed E-state index contributed by atoms with van der Waals surface area (Å²) in [6, 6.07) is 0. The third-order valence-corrected chi connectivity index (χ3v) is 4.00. The van der Waals surface area contributed by atoms with E-state index in [1.807, 2.05) is 0 Å². The lowest BCUT2D eigenvalue weighted by Crippen LogP contribution is -2.56. The number of carbonyl (C=O) groups is 1. The lowest BCUT2D eigenvalue weighted by atomic mass is 9.78. The molecule has 3 rings (SSSR count). The molecule has 0 aromatic rings. The van der Waals surface area contributed by atoms with Crippen molar-refractivity contribution in [2.45, 2.75) is 30.1 Å². The molecule has 3 aliphatic rings. The Morgan fingerprint density at radius 1 is 1.43 bits per heavy atom. The molecule has 0 spiro atoms. The molecule has 76 valence electrons. The predicted molar refractivity (Wildman–Crippen MR) is 46.3 cm³/mol. The number of aliphatic hydroxyl groups is 3. The SMILES string of the molecule is O=C1CC(O)C2C3C=CC(O)(C3)C12O. The van der Waals surface area contributed by atoms with Gasteiger partial charge in [-0.2, -0.15) is 0 Å². The summed E-state index contributed by atoms with van der Waals surface area (Å²) in [6.45, 7) is 0. The number of carbonyl (C=O) groups excluding carboxylic acids is 1. The van der Waals surface area contributed by atoms with Gasteiger partial charge in [0.05, 0.1) is 6.10 Å². The molecule has 5 unspecified atom stereocenters. The number of Topliss-reactive ketones (excluding diaryl/α,β-unsaturated/α-hetero) is 1. The highest BCUT2D eigenvalue weighted by atomic mass is 16.4. The van der Waals surface area contributed by atoms with E-state index in [0.29, 0.717) is 6.42 Å². The van der Waals surface area contributed by atoms with Crippen LogP contribution in [0.2, 0.25) is 0 Å². The van der Waals surface area contributed by atoms with Gasteiger partial charge in [0.15, 0.2) is 11.4 Å². The average Bonchev–Trinajstić information content (AvgIpc) is 2.63. The van der Waals surface area contributed by atoms with E-state index in [-0.39, 0.29) is 12.3 Å².